The van der Waals surface area contributed by atoms with Gasteiger partial charge in [0.25, 0.3) is 5.91 Å². The maximum atomic E-state index is 13.6. The van der Waals surface area contributed by atoms with E-state index in [1.54, 1.807) is 30.5 Å². The fourth-order valence-corrected chi connectivity index (χ4v) is 2.53. The molecule has 6 heteroatoms. The first-order valence-corrected chi connectivity index (χ1v) is 7.12. The highest BCUT2D eigenvalue weighted by Gasteiger charge is 2.15. The third-order valence-electron chi connectivity index (χ3n) is 2.78. The van der Waals surface area contributed by atoms with Crippen LogP contribution in [0.2, 0.25) is 0 Å². The molecule has 0 radical (unpaired) electrons. The number of halogens is 1. The number of hydrogen-bond donors (Lipinski definition) is 2. The number of amides is 1. The van der Waals surface area contributed by atoms with Crippen LogP contribution in [0.1, 0.15) is 23.8 Å². The van der Waals surface area contributed by atoms with Crippen LogP contribution in [0.25, 0.3) is 10.6 Å². The Balaban J connectivity index is 2.13. The van der Waals surface area contributed by atoms with Gasteiger partial charge < -0.3 is 10.4 Å². The Hall–Kier alpha value is -1.79. The number of aliphatic hydroxyl groups is 1. The van der Waals surface area contributed by atoms with Gasteiger partial charge in [0.2, 0.25) is 0 Å². The van der Waals surface area contributed by atoms with Crippen LogP contribution in [0.5, 0.6) is 0 Å². The summed E-state index contributed by atoms with van der Waals surface area (Å²) in [7, 11) is 0. The van der Waals surface area contributed by atoms with Gasteiger partial charge in [-0.1, -0.05) is 12.1 Å². The zero-order chi connectivity index (χ0) is 14.5. The highest BCUT2D eigenvalue weighted by atomic mass is 32.1. The van der Waals surface area contributed by atoms with Crippen molar-refractivity contribution < 1.29 is 14.3 Å². The summed E-state index contributed by atoms with van der Waals surface area (Å²) in [5, 5.41) is 13.6. The standard InChI is InChI=1S/C14H15FN2O2S/c1-9(6-7-18)16-13(19)12-8-20-14(17-12)10-4-2-3-5-11(10)15/h2-5,8-9,18H,6-7H2,1H3,(H,16,19). The van der Waals surface area contributed by atoms with Crippen molar-refractivity contribution in [3.8, 4) is 10.6 Å². The normalized spacial score (nSPS) is 12.2. The van der Waals surface area contributed by atoms with Crippen molar-refractivity contribution in [3.05, 3.63) is 41.2 Å². The van der Waals surface area contributed by atoms with Crippen LogP contribution in [0.15, 0.2) is 29.6 Å². The first-order valence-electron chi connectivity index (χ1n) is 6.24. The highest BCUT2D eigenvalue weighted by Crippen LogP contribution is 2.26. The summed E-state index contributed by atoms with van der Waals surface area (Å²) in [6, 6.07) is 6.19. The van der Waals surface area contributed by atoms with Crippen LogP contribution in [-0.4, -0.2) is 28.6 Å². The third kappa shape index (κ3) is 3.40. The van der Waals surface area contributed by atoms with E-state index in [1.807, 2.05) is 0 Å². The Labute approximate surface area is 120 Å². The smallest absolute Gasteiger partial charge is 0.270 e. The molecule has 0 spiro atoms. The predicted octanol–water partition coefficient (Wildman–Crippen LogP) is 2.45. The number of aliphatic hydroxyl groups excluding tert-OH is 1. The fraction of sp³-hybridized carbons (Fsp3) is 0.286. The van der Waals surface area contributed by atoms with E-state index < -0.39 is 0 Å². The molecule has 2 aromatic rings. The molecular formula is C14H15FN2O2S. The average Bonchev–Trinajstić information content (AvgIpc) is 2.89. The van der Waals surface area contributed by atoms with Crippen molar-refractivity contribution in [3.63, 3.8) is 0 Å². The van der Waals surface area contributed by atoms with Crippen LogP contribution < -0.4 is 5.32 Å². The van der Waals surface area contributed by atoms with E-state index in [-0.39, 0.29) is 30.1 Å². The summed E-state index contributed by atoms with van der Waals surface area (Å²) < 4.78 is 13.6. The van der Waals surface area contributed by atoms with Crippen molar-refractivity contribution in [1.82, 2.24) is 10.3 Å². The molecule has 0 aliphatic carbocycles. The van der Waals surface area contributed by atoms with Crippen molar-refractivity contribution in [1.29, 1.82) is 0 Å². The van der Waals surface area contributed by atoms with Gasteiger partial charge >= 0.3 is 0 Å². The Bertz CT molecular complexity index is 600. The van der Waals surface area contributed by atoms with Crippen LogP contribution in [-0.2, 0) is 0 Å². The number of hydrogen-bond acceptors (Lipinski definition) is 4. The van der Waals surface area contributed by atoms with E-state index in [0.717, 1.165) is 0 Å². The Morgan fingerprint density at radius 3 is 2.95 bits per heavy atom. The van der Waals surface area contributed by atoms with Crippen LogP contribution in [0, 0.1) is 5.82 Å². The lowest BCUT2D eigenvalue weighted by Gasteiger charge is -2.10. The second-order valence-corrected chi connectivity index (χ2v) is 5.26. The molecule has 1 amide bonds. The summed E-state index contributed by atoms with van der Waals surface area (Å²) >= 11 is 1.22. The first kappa shape index (κ1) is 14.6. The zero-order valence-corrected chi connectivity index (χ0v) is 11.8. The van der Waals surface area contributed by atoms with E-state index in [9.17, 15) is 9.18 Å². The molecule has 1 atom stereocenters. The van der Waals surface area contributed by atoms with Crippen molar-refractivity contribution >= 4 is 17.2 Å². The molecular weight excluding hydrogens is 279 g/mol. The Morgan fingerprint density at radius 1 is 1.50 bits per heavy atom. The molecule has 2 N–H and O–H groups in total. The maximum Gasteiger partial charge on any atom is 0.270 e. The molecule has 20 heavy (non-hydrogen) atoms. The van der Waals surface area contributed by atoms with Crippen LogP contribution in [0.3, 0.4) is 0 Å². The molecule has 4 nitrogen and oxygen atoms in total. The lowest BCUT2D eigenvalue weighted by Crippen LogP contribution is -2.33. The predicted molar refractivity (Wildman–Crippen MR) is 76.1 cm³/mol. The number of nitrogens with one attached hydrogen (secondary N) is 1. The van der Waals surface area contributed by atoms with E-state index >= 15 is 0 Å². The van der Waals surface area contributed by atoms with E-state index in [4.69, 9.17) is 5.11 Å². The number of carbonyl (C=O) groups excluding carboxylic acids is 1. The second-order valence-electron chi connectivity index (χ2n) is 4.40. The number of rotatable bonds is 5. The summed E-state index contributed by atoms with van der Waals surface area (Å²) in [5.41, 5.74) is 0.651. The van der Waals surface area contributed by atoms with Crippen molar-refractivity contribution in [2.45, 2.75) is 19.4 Å². The van der Waals surface area contributed by atoms with E-state index in [1.165, 1.54) is 17.4 Å². The minimum absolute atomic E-state index is 0.0129. The Morgan fingerprint density at radius 2 is 2.25 bits per heavy atom. The molecule has 0 aliphatic rings. The van der Waals surface area contributed by atoms with Gasteiger partial charge in [0.1, 0.15) is 16.5 Å². The second kappa shape index (κ2) is 6.58. The van der Waals surface area contributed by atoms with E-state index in [2.05, 4.69) is 10.3 Å². The lowest BCUT2D eigenvalue weighted by atomic mass is 10.2. The average molecular weight is 294 g/mol. The molecule has 1 aromatic heterocycles. The summed E-state index contributed by atoms with van der Waals surface area (Å²) in [6.45, 7) is 1.82. The van der Waals surface area contributed by atoms with Crippen molar-refractivity contribution in [2.24, 2.45) is 0 Å². The first-order chi connectivity index (χ1) is 9.61. The summed E-state index contributed by atoms with van der Waals surface area (Å²) in [6.07, 6.45) is 0.482. The van der Waals surface area contributed by atoms with Crippen LogP contribution >= 0.6 is 11.3 Å². The molecule has 1 unspecified atom stereocenters. The molecule has 0 fully saturated rings. The fourth-order valence-electron chi connectivity index (χ4n) is 1.70. The van der Waals surface area contributed by atoms with Crippen molar-refractivity contribution in [2.75, 3.05) is 6.61 Å². The van der Waals surface area contributed by atoms with Gasteiger partial charge in [-0.2, -0.15) is 0 Å². The van der Waals surface area contributed by atoms with E-state index in [0.29, 0.717) is 17.0 Å². The quantitative estimate of drug-likeness (QED) is 0.890. The number of benzene rings is 1. The Kier molecular flexibility index (Phi) is 4.81. The summed E-state index contributed by atoms with van der Waals surface area (Å²) in [4.78, 5) is 16.1. The zero-order valence-electron chi connectivity index (χ0n) is 11.0. The van der Waals surface area contributed by atoms with Gasteiger partial charge in [-0.25, -0.2) is 9.37 Å². The van der Waals surface area contributed by atoms with Gasteiger partial charge in [-0.05, 0) is 25.5 Å². The largest absolute Gasteiger partial charge is 0.396 e. The van der Waals surface area contributed by atoms with Gasteiger partial charge in [0, 0.05) is 23.6 Å². The molecule has 2 rings (SSSR count). The molecule has 1 aromatic carbocycles. The lowest BCUT2D eigenvalue weighted by molar-refractivity contribution is 0.0930. The SMILES string of the molecule is CC(CCO)NC(=O)c1csc(-c2ccccc2F)n1. The minimum Gasteiger partial charge on any atom is -0.396 e. The number of nitrogens with zero attached hydrogens (tertiary/aromatic N) is 1. The number of aromatic nitrogens is 1. The van der Waals surface area contributed by atoms with Gasteiger partial charge in [0.15, 0.2) is 0 Å². The molecule has 0 bridgehead atoms. The number of carbonyl (C=O) groups is 1. The molecule has 0 saturated heterocycles. The maximum absolute atomic E-state index is 13.6. The highest BCUT2D eigenvalue weighted by molar-refractivity contribution is 7.13. The summed E-state index contributed by atoms with van der Waals surface area (Å²) in [5.74, 6) is -0.674. The van der Waals surface area contributed by atoms with Gasteiger partial charge in [-0.15, -0.1) is 11.3 Å². The van der Waals surface area contributed by atoms with Crippen LogP contribution in [0.4, 0.5) is 4.39 Å². The topological polar surface area (TPSA) is 62.2 Å². The molecule has 1 heterocycles. The minimum atomic E-state index is -0.359. The monoisotopic (exact) mass is 294 g/mol. The third-order valence-corrected chi connectivity index (χ3v) is 3.66. The van der Waals surface area contributed by atoms with Gasteiger partial charge in [-0.3, -0.25) is 4.79 Å². The molecule has 106 valence electrons. The molecule has 0 saturated carbocycles. The molecule has 0 aliphatic heterocycles. The van der Waals surface area contributed by atoms with Gasteiger partial charge in [0.05, 0.1) is 0 Å². The number of thiazole rings is 1.